The molecule has 0 spiro atoms. The van der Waals surface area contributed by atoms with E-state index in [0.29, 0.717) is 17.4 Å². The first kappa shape index (κ1) is 11.0. The predicted octanol–water partition coefficient (Wildman–Crippen LogP) is 1.86. The molecular weight excluding hydrogens is 254 g/mol. The standard InChI is InChI=1S/C11H8ClN5O/c12-8-3-1-7(2-4-8)5-17-10-9(15-16-17)11(18)14-6-13-10/h1-4,6,9H,5H2. The van der Waals surface area contributed by atoms with Crippen LogP contribution in [0, 0.1) is 0 Å². The molecule has 0 N–H and O–H groups in total. The van der Waals surface area contributed by atoms with Crippen molar-refractivity contribution in [1.82, 2.24) is 5.01 Å². The summed E-state index contributed by atoms with van der Waals surface area (Å²) in [4.78, 5) is 19.1. The van der Waals surface area contributed by atoms with E-state index in [9.17, 15) is 4.79 Å². The number of benzene rings is 1. The molecule has 1 aromatic rings. The summed E-state index contributed by atoms with van der Waals surface area (Å²) in [6.07, 6.45) is 1.24. The number of carbonyl (C=O) groups excluding carboxylic acids is 1. The molecule has 1 atom stereocenters. The molecule has 0 bridgehead atoms. The summed E-state index contributed by atoms with van der Waals surface area (Å²) >= 11 is 5.82. The smallest absolute Gasteiger partial charge is 0.269 e. The van der Waals surface area contributed by atoms with Crippen LogP contribution in [0.2, 0.25) is 5.02 Å². The summed E-state index contributed by atoms with van der Waals surface area (Å²) in [5.74, 6) is 0.187. The van der Waals surface area contributed by atoms with E-state index >= 15 is 0 Å². The van der Waals surface area contributed by atoms with E-state index in [0.717, 1.165) is 5.56 Å². The van der Waals surface area contributed by atoms with Gasteiger partial charge in [0.05, 0.1) is 6.54 Å². The Kier molecular flexibility index (Phi) is 2.64. The maximum Gasteiger partial charge on any atom is 0.281 e. The first-order valence-electron chi connectivity index (χ1n) is 5.31. The lowest BCUT2D eigenvalue weighted by molar-refractivity contribution is -0.117. The van der Waals surface area contributed by atoms with Crippen LogP contribution in [-0.2, 0) is 11.3 Å². The third kappa shape index (κ3) is 1.91. The molecule has 6 nitrogen and oxygen atoms in total. The summed E-state index contributed by atoms with van der Waals surface area (Å²) in [7, 11) is 0. The van der Waals surface area contributed by atoms with Crippen LogP contribution in [-0.4, -0.2) is 29.1 Å². The zero-order valence-electron chi connectivity index (χ0n) is 9.19. The molecule has 0 aromatic heterocycles. The molecule has 0 saturated heterocycles. The molecule has 7 heteroatoms. The van der Waals surface area contributed by atoms with Crippen molar-refractivity contribution in [2.75, 3.05) is 0 Å². The van der Waals surface area contributed by atoms with Crippen molar-refractivity contribution in [1.29, 1.82) is 0 Å². The molecule has 2 aliphatic rings. The SMILES string of the molecule is O=C1N=CN=C2C1N=NN2Cc1ccc(Cl)cc1. The molecule has 1 unspecified atom stereocenters. The van der Waals surface area contributed by atoms with Gasteiger partial charge in [0.1, 0.15) is 6.34 Å². The van der Waals surface area contributed by atoms with Gasteiger partial charge < -0.3 is 0 Å². The predicted molar refractivity (Wildman–Crippen MR) is 66.6 cm³/mol. The second kappa shape index (κ2) is 4.30. The Labute approximate surface area is 108 Å². The van der Waals surface area contributed by atoms with E-state index in [2.05, 4.69) is 20.3 Å². The van der Waals surface area contributed by atoms with E-state index in [-0.39, 0.29) is 5.91 Å². The van der Waals surface area contributed by atoms with Crippen molar-refractivity contribution in [3.63, 3.8) is 0 Å². The minimum atomic E-state index is -0.678. The van der Waals surface area contributed by atoms with Gasteiger partial charge in [0.2, 0.25) is 6.04 Å². The van der Waals surface area contributed by atoms with E-state index in [1.54, 1.807) is 17.1 Å². The normalized spacial score (nSPS) is 21.2. The topological polar surface area (TPSA) is 69.7 Å². The number of nitrogens with zero attached hydrogens (tertiary/aromatic N) is 5. The highest BCUT2D eigenvalue weighted by Crippen LogP contribution is 2.19. The molecule has 2 aliphatic heterocycles. The summed E-state index contributed by atoms with van der Waals surface area (Å²) in [6.45, 7) is 0.497. The largest absolute Gasteiger partial charge is 0.281 e. The molecule has 0 aliphatic carbocycles. The highest BCUT2D eigenvalue weighted by molar-refractivity contribution is 6.30. The van der Waals surface area contributed by atoms with Crippen LogP contribution in [0.3, 0.4) is 0 Å². The highest BCUT2D eigenvalue weighted by Gasteiger charge is 2.35. The third-order valence-corrected chi connectivity index (χ3v) is 2.89. The van der Waals surface area contributed by atoms with Gasteiger partial charge in [-0.15, -0.1) is 5.11 Å². The van der Waals surface area contributed by atoms with Gasteiger partial charge in [-0.3, -0.25) is 4.79 Å². The highest BCUT2D eigenvalue weighted by atomic mass is 35.5. The van der Waals surface area contributed by atoms with E-state index in [1.165, 1.54) is 6.34 Å². The third-order valence-electron chi connectivity index (χ3n) is 2.64. The lowest BCUT2D eigenvalue weighted by atomic mass is 10.2. The first-order chi connectivity index (χ1) is 8.74. The maximum atomic E-state index is 11.4. The molecular formula is C11H8ClN5O. The lowest BCUT2D eigenvalue weighted by Gasteiger charge is -2.16. The van der Waals surface area contributed by atoms with Gasteiger partial charge in [0, 0.05) is 5.02 Å². The fraction of sp³-hybridized carbons (Fsp3) is 0.182. The van der Waals surface area contributed by atoms with Crippen LogP contribution in [0.25, 0.3) is 0 Å². The van der Waals surface area contributed by atoms with E-state index in [1.807, 2.05) is 12.1 Å². The second-order valence-corrected chi connectivity index (χ2v) is 4.30. The Morgan fingerprint density at radius 1 is 1.28 bits per heavy atom. The van der Waals surface area contributed by atoms with Crippen LogP contribution in [0.15, 0.2) is 44.6 Å². The van der Waals surface area contributed by atoms with Crippen molar-refractivity contribution < 1.29 is 4.79 Å². The Morgan fingerprint density at radius 2 is 2.06 bits per heavy atom. The number of amides is 1. The van der Waals surface area contributed by atoms with Crippen LogP contribution in [0.4, 0.5) is 0 Å². The summed E-state index contributed by atoms with van der Waals surface area (Å²) in [6, 6.07) is 6.71. The van der Waals surface area contributed by atoms with Gasteiger partial charge in [-0.05, 0) is 17.7 Å². The number of fused-ring (bicyclic) bond motifs is 1. The van der Waals surface area contributed by atoms with Crippen LogP contribution >= 0.6 is 11.6 Å². The van der Waals surface area contributed by atoms with Gasteiger partial charge in [0.15, 0.2) is 5.84 Å². The number of aliphatic imine (C=N–C) groups is 2. The molecule has 3 rings (SSSR count). The molecule has 18 heavy (non-hydrogen) atoms. The van der Waals surface area contributed by atoms with Crippen molar-refractivity contribution in [2.45, 2.75) is 12.6 Å². The number of halogens is 1. The average Bonchev–Trinajstić information content (AvgIpc) is 2.77. The van der Waals surface area contributed by atoms with Crippen molar-refractivity contribution in [2.24, 2.45) is 20.3 Å². The van der Waals surface area contributed by atoms with Gasteiger partial charge in [0.25, 0.3) is 5.91 Å². The molecule has 2 heterocycles. The van der Waals surface area contributed by atoms with Crippen LogP contribution in [0.5, 0.6) is 0 Å². The fourth-order valence-electron chi connectivity index (χ4n) is 1.74. The van der Waals surface area contributed by atoms with Gasteiger partial charge in [-0.2, -0.15) is 4.99 Å². The molecule has 1 amide bonds. The quantitative estimate of drug-likeness (QED) is 0.815. The molecule has 1 aromatic carbocycles. The number of hydrogen-bond acceptors (Lipinski definition) is 5. The zero-order chi connectivity index (χ0) is 12.5. The van der Waals surface area contributed by atoms with Gasteiger partial charge in [-0.1, -0.05) is 29.0 Å². The number of amidine groups is 1. The summed E-state index contributed by atoms with van der Waals surface area (Å²) in [5, 5.41) is 10.1. The van der Waals surface area contributed by atoms with Crippen molar-refractivity contribution in [3.05, 3.63) is 34.9 Å². The Hall–Kier alpha value is -2.08. The fourth-order valence-corrected chi connectivity index (χ4v) is 1.87. The Morgan fingerprint density at radius 3 is 2.83 bits per heavy atom. The number of rotatable bonds is 2. The van der Waals surface area contributed by atoms with E-state index in [4.69, 9.17) is 11.6 Å². The minimum absolute atomic E-state index is 0.331. The number of carbonyl (C=O) groups is 1. The molecule has 0 saturated carbocycles. The number of hydrogen-bond donors (Lipinski definition) is 0. The van der Waals surface area contributed by atoms with Gasteiger partial charge in [-0.25, -0.2) is 10.0 Å². The Bertz CT molecular complexity index is 578. The maximum absolute atomic E-state index is 11.4. The van der Waals surface area contributed by atoms with Crippen molar-refractivity contribution >= 4 is 29.7 Å². The monoisotopic (exact) mass is 261 g/mol. The van der Waals surface area contributed by atoms with Gasteiger partial charge >= 0.3 is 0 Å². The van der Waals surface area contributed by atoms with Crippen molar-refractivity contribution in [3.8, 4) is 0 Å². The molecule has 90 valence electrons. The Balaban J connectivity index is 1.80. The zero-order valence-corrected chi connectivity index (χ0v) is 9.95. The summed E-state index contributed by atoms with van der Waals surface area (Å²) < 4.78 is 0. The first-order valence-corrected chi connectivity index (χ1v) is 5.68. The average molecular weight is 262 g/mol. The van der Waals surface area contributed by atoms with E-state index < -0.39 is 6.04 Å². The van der Waals surface area contributed by atoms with Crippen LogP contribution in [0.1, 0.15) is 5.56 Å². The molecule has 0 radical (unpaired) electrons. The minimum Gasteiger partial charge on any atom is -0.269 e. The summed E-state index contributed by atoms with van der Waals surface area (Å²) in [5.41, 5.74) is 1.01. The second-order valence-electron chi connectivity index (χ2n) is 3.86. The molecule has 0 fully saturated rings. The van der Waals surface area contributed by atoms with Crippen LogP contribution < -0.4 is 0 Å². The lowest BCUT2D eigenvalue weighted by Crippen LogP contribution is -2.35.